The van der Waals surface area contributed by atoms with E-state index < -0.39 is 0 Å². The maximum atomic E-state index is 13.1. The van der Waals surface area contributed by atoms with E-state index in [9.17, 15) is 4.39 Å². The second-order valence-corrected chi connectivity index (χ2v) is 6.66. The Morgan fingerprint density at radius 1 is 1.08 bits per heavy atom. The van der Waals surface area contributed by atoms with Gasteiger partial charge in [0, 0.05) is 36.6 Å². The molecular weight excluding hydrogens is 331 g/mol. The standard InChI is InChI=1S/C19H25FN6/c1-14-18(13-21-19-9-10-25(23-19)12-11-24(3)4)15(2)26(22-14)17-7-5-16(20)6-8-17/h5-10H,11-13H2,1-4H3,(H,21,23). The van der Waals surface area contributed by atoms with Crippen molar-refractivity contribution in [3.8, 4) is 5.69 Å². The molecule has 3 aromatic rings. The van der Waals surface area contributed by atoms with Crippen LogP contribution in [0.3, 0.4) is 0 Å². The first-order valence-corrected chi connectivity index (χ1v) is 8.67. The van der Waals surface area contributed by atoms with E-state index in [1.807, 2.05) is 49.6 Å². The van der Waals surface area contributed by atoms with Crippen LogP contribution in [0.25, 0.3) is 5.69 Å². The fourth-order valence-electron chi connectivity index (χ4n) is 2.83. The monoisotopic (exact) mass is 356 g/mol. The predicted molar refractivity (Wildman–Crippen MR) is 101 cm³/mol. The lowest BCUT2D eigenvalue weighted by molar-refractivity contribution is 0.373. The minimum atomic E-state index is -0.248. The fourth-order valence-corrected chi connectivity index (χ4v) is 2.83. The smallest absolute Gasteiger partial charge is 0.148 e. The zero-order valence-corrected chi connectivity index (χ0v) is 15.7. The van der Waals surface area contributed by atoms with Crippen LogP contribution in [-0.2, 0) is 13.1 Å². The molecule has 0 saturated heterocycles. The van der Waals surface area contributed by atoms with Gasteiger partial charge < -0.3 is 10.2 Å². The highest BCUT2D eigenvalue weighted by molar-refractivity contribution is 5.40. The first kappa shape index (κ1) is 18.1. The van der Waals surface area contributed by atoms with Gasteiger partial charge >= 0.3 is 0 Å². The normalized spacial score (nSPS) is 11.3. The van der Waals surface area contributed by atoms with E-state index >= 15 is 0 Å². The molecule has 7 heteroatoms. The average molecular weight is 356 g/mol. The summed E-state index contributed by atoms with van der Waals surface area (Å²) in [5.74, 6) is 0.596. The van der Waals surface area contributed by atoms with Crippen LogP contribution in [0.2, 0.25) is 0 Å². The molecule has 3 rings (SSSR count). The van der Waals surface area contributed by atoms with Crippen LogP contribution in [0.4, 0.5) is 10.2 Å². The van der Waals surface area contributed by atoms with Crippen molar-refractivity contribution >= 4 is 5.82 Å². The number of anilines is 1. The van der Waals surface area contributed by atoms with Crippen LogP contribution >= 0.6 is 0 Å². The van der Waals surface area contributed by atoms with Crippen LogP contribution in [0, 0.1) is 19.7 Å². The first-order valence-electron chi connectivity index (χ1n) is 8.67. The van der Waals surface area contributed by atoms with E-state index in [0.29, 0.717) is 6.54 Å². The molecule has 0 fully saturated rings. The SMILES string of the molecule is Cc1nn(-c2ccc(F)cc2)c(C)c1CNc1ccn(CCN(C)C)n1. The van der Waals surface area contributed by atoms with Gasteiger partial charge in [0.15, 0.2) is 0 Å². The van der Waals surface area contributed by atoms with Gasteiger partial charge in [-0.2, -0.15) is 10.2 Å². The number of aromatic nitrogens is 4. The van der Waals surface area contributed by atoms with E-state index in [1.54, 1.807) is 12.1 Å². The minimum absolute atomic E-state index is 0.248. The summed E-state index contributed by atoms with van der Waals surface area (Å²) in [5.41, 5.74) is 3.96. The number of rotatable bonds is 7. The maximum Gasteiger partial charge on any atom is 0.148 e. The lowest BCUT2D eigenvalue weighted by Gasteiger charge is -2.09. The summed E-state index contributed by atoms with van der Waals surface area (Å²) < 4.78 is 16.9. The molecule has 26 heavy (non-hydrogen) atoms. The number of hydrogen-bond donors (Lipinski definition) is 1. The maximum absolute atomic E-state index is 13.1. The van der Waals surface area contributed by atoms with E-state index in [0.717, 1.165) is 41.5 Å². The molecule has 0 bridgehead atoms. The molecule has 0 unspecified atom stereocenters. The van der Waals surface area contributed by atoms with Crippen LogP contribution in [0.1, 0.15) is 17.0 Å². The Balaban J connectivity index is 1.70. The molecule has 1 aromatic carbocycles. The molecule has 2 heterocycles. The van der Waals surface area contributed by atoms with E-state index in [2.05, 4.69) is 20.4 Å². The van der Waals surface area contributed by atoms with E-state index in [1.165, 1.54) is 12.1 Å². The Bertz CT molecular complexity index is 863. The van der Waals surface area contributed by atoms with Crippen LogP contribution < -0.4 is 5.32 Å². The van der Waals surface area contributed by atoms with Gasteiger partial charge in [-0.05, 0) is 52.2 Å². The molecule has 0 saturated carbocycles. The molecule has 0 aliphatic carbocycles. The van der Waals surface area contributed by atoms with E-state index in [-0.39, 0.29) is 5.82 Å². The Morgan fingerprint density at radius 2 is 1.81 bits per heavy atom. The van der Waals surface area contributed by atoms with Crippen LogP contribution in [0.15, 0.2) is 36.5 Å². The van der Waals surface area contributed by atoms with Crippen molar-refractivity contribution in [1.29, 1.82) is 0 Å². The summed E-state index contributed by atoms with van der Waals surface area (Å²) in [7, 11) is 4.10. The molecule has 0 aliphatic rings. The molecule has 138 valence electrons. The molecule has 0 atom stereocenters. The summed E-state index contributed by atoms with van der Waals surface area (Å²) in [6, 6.07) is 8.34. The van der Waals surface area contributed by atoms with Gasteiger partial charge in [-0.25, -0.2) is 9.07 Å². The summed E-state index contributed by atoms with van der Waals surface area (Å²) in [5, 5.41) is 12.5. The second-order valence-electron chi connectivity index (χ2n) is 6.66. The van der Waals surface area contributed by atoms with Crippen molar-refractivity contribution in [2.45, 2.75) is 26.9 Å². The Hall–Kier alpha value is -2.67. The summed E-state index contributed by atoms with van der Waals surface area (Å²) in [4.78, 5) is 2.13. The summed E-state index contributed by atoms with van der Waals surface area (Å²) >= 11 is 0. The lowest BCUT2D eigenvalue weighted by Crippen LogP contribution is -2.18. The summed E-state index contributed by atoms with van der Waals surface area (Å²) in [6.45, 7) is 6.46. The van der Waals surface area contributed by atoms with Crippen molar-refractivity contribution in [3.63, 3.8) is 0 Å². The third-order valence-electron chi connectivity index (χ3n) is 4.38. The molecular formula is C19H25FN6. The number of likely N-dealkylation sites (N-methyl/N-ethyl adjacent to an activating group) is 1. The molecule has 6 nitrogen and oxygen atoms in total. The Kier molecular flexibility index (Phi) is 5.37. The van der Waals surface area contributed by atoms with Crippen molar-refractivity contribution in [2.24, 2.45) is 0 Å². The highest BCUT2D eigenvalue weighted by Gasteiger charge is 2.13. The predicted octanol–water partition coefficient (Wildman–Crippen LogP) is 3.00. The van der Waals surface area contributed by atoms with Crippen LogP contribution in [0.5, 0.6) is 0 Å². The van der Waals surface area contributed by atoms with E-state index in [4.69, 9.17) is 0 Å². The van der Waals surface area contributed by atoms with Gasteiger partial charge in [0.25, 0.3) is 0 Å². The third kappa shape index (κ3) is 4.11. The van der Waals surface area contributed by atoms with Crippen molar-refractivity contribution < 1.29 is 4.39 Å². The fraction of sp³-hybridized carbons (Fsp3) is 0.368. The molecule has 0 aliphatic heterocycles. The van der Waals surface area contributed by atoms with Gasteiger partial charge in [0.1, 0.15) is 11.6 Å². The zero-order valence-electron chi connectivity index (χ0n) is 15.7. The molecule has 0 amide bonds. The van der Waals surface area contributed by atoms with Gasteiger partial charge in [-0.3, -0.25) is 4.68 Å². The average Bonchev–Trinajstić information content (AvgIpc) is 3.17. The largest absolute Gasteiger partial charge is 0.364 e. The second kappa shape index (κ2) is 7.70. The van der Waals surface area contributed by atoms with Gasteiger partial charge in [0.05, 0.1) is 17.9 Å². The van der Waals surface area contributed by atoms with Gasteiger partial charge in [-0.1, -0.05) is 0 Å². The molecule has 2 aromatic heterocycles. The molecule has 1 N–H and O–H groups in total. The summed E-state index contributed by atoms with van der Waals surface area (Å²) in [6.07, 6.45) is 1.98. The number of nitrogens with one attached hydrogen (secondary N) is 1. The van der Waals surface area contributed by atoms with Crippen molar-refractivity contribution in [3.05, 3.63) is 59.3 Å². The van der Waals surface area contributed by atoms with Gasteiger partial charge in [-0.15, -0.1) is 0 Å². The lowest BCUT2D eigenvalue weighted by atomic mass is 10.2. The quantitative estimate of drug-likeness (QED) is 0.707. The Morgan fingerprint density at radius 3 is 2.50 bits per heavy atom. The first-order chi connectivity index (χ1) is 12.4. The molecule has 0 spiro atoms. The number of nitrogens with zero attached hydrogens (tertiary/aromatic N) is 5. The van der Waals surface area contributed by atoms with Crippen LogP contribution in [-0.4, -0.2) is 45.1 Å². The van der Waals surface area contributed by atoms with Crippen molar-refractivity contribution in [2.75, 3.05) is 26.0 Å². The highest BCUT2D eigenvalue weighted by Crippen LogP contribution is 2.19. The topological polar surface area (TPSA) is 50.9 Å². The number of hydrogen-bond acceptors (Lipinski definition) is 4. The highest BCUT2D eigenvalue weighted by atomic mass is 19.1. The van der Waals surface area contributed by atoms with Crippen molar-refractivity contribution in [1.82, 2.24) is 24.5 Å². The zero-order chi connectivity index (χ0) is 18.7. The van der Waals surface area contributed by atoms with Gasteiger partial charge in [0.2, 0.25) is 0 Å². The third-order valence-corrected chi connectivity index (χ3v) is 4.38. The number of aryl methyl sites for hydroxylation is 1. The number of halogens is 1. The minimum Gasteiger partial charge on any atom is -0.364 e. The number of benzene rings is 1. The Labute approximate surface area is 153 Å². The molecule has 0 radical (unpaired) electrons.